The maximum Gasteiger partial charge on any atom is 0.241 e. The van der Waals surface area contributed by atoms with Gasteiger partial charge in [0.15, 0.2) is 0 Å². The maximum atomic E-state index is 12.0. The van der Waals surface area contributed by atoms with Crippen molar-refractivity contribution >= 4 is 11.6 Å². The Morgan fingerprint density at radius 1 is 1.42 bits per heavy atom. The van der Waals surface area contributed by atoms with Gasteiger partial charge >= 0.3 is 0 Å². The first-order chi connectivity index (χ1) is 8.93. The summed E-state index contributed by atoms with van der Waals surface area (Å²) in [4.78, 5) is 14.1. The fourth-order valence-corrected chi connectivity index (χ4v) is 1.85. The van der Waals surface area contributed by atoms with Crippen LogP contribution in [0.15, 0.2) is 24.3 Å². The van der Waals surface area contributed by atoms with Gasteiger partial charge in [0.1, 0.15) is 0 Å². The minimum absolute atomic E-state index is 0.114. The van der Waals surface area contributed by atoms with Crippen molar-refractivity contribution in [2.45, 2.75) is 32.9 Å². The van der Waals surface area contributed by atoms with Crippen LogP contribution in [0.2, 0.25) is 0 Å². The predicted molar refractivity (Wildman–Crippen MR) is 79.9 cm³/mol. The highest BCUT2D eigenvalue weighted by atomic mass is 16.2. The summed E-state index contributed by atoms with van der Waals surface area (Å²) in [7, 11) is 4.04. The van der Waals surface area contributed by atoms with Gasteiger partial charge in [0, 0.05) is 12.2 Å². The molecular weight excluding hydrogens is 238 g/mol. The van der Waals surface area contributed by atoms with Gasteiger partial charge in [0.05, 0.1) is 6.04 Å². The molecule has 1 amide bonds. The standard InChI is InChI=1S/C15H25N3O/c1-5-11(2)14(16)15(19)17-13-8-6-7-12(9-13)10-18(3)4/h6-9,11,14H,5,10,16H2,1-4H3,(H,17,19). The lowest BCUT2D eigenvalue weighted by Crippen LogP contribution is -2.40. The third-order valence-corrected chi connectivity index (χ3v) is 3.25. The van der Waals surface area contributed by atoms with Crippen molar-refractivity contribution in [1.82, 2.24) is 4.90 Å². The van der Waals surface area contributed by atoms with Crippen LogP contribution in [-0.2, 0) is 11.3 Å². The molecule has 0 radical (unpaired) electrons. The van der Waals surface area contributed by atoms with Gasteiger partial charge in [-0.1, -0.05) is 32.4 Å². The number of anilines is 1. The first-order valence-corrected chi connectivity index (χ1v) is 6.74. The number of amides is 1. The molecule has 1 aromatic carbocycles. The van der Waals surface area contributed by atoms with Gasteiger partial charge in [0.2, 0.25) is 5.91 Å². The topological polar surface area (TPSA) is 58.4 Å². The second-order valence-corrected chi connectivity index (χ2v) is 5.34. The summed E-state index contributed by atoms with van der Waals surface area (Å²) in [5.41, 5.74) is 7.89. The minimum atomic E-state index is -0.456. The number of rotatable bonds is 6. The van der Waals surface area contributed by atoms with E-state index in [2.05, 4.69) is 10.2 Å². The fourth-order valence-electron chi connectivity index (χ4n) is 1.85. The summed E-state index contributed by atoms with van der Waals surface area (Å²) in [6.07, 6.45) is 0.898. The molecule has 0 bridgehead atoms. The van der Waals surface area contributed by atoms with Crippen LogP contribution in [0.1, 0.15) is 25.8 Å². The van der Waals surface area contributed by atoms with E-state index in [9.17, 15) is 4.79 Å². The fraction of sp³-hybridized carbons (Fsp3) is 0.533. The number of carbonyl (C=O) groups excluding carboxylic acids is 1. The molecule has 2 atom stereocenters. The summed E-state index contributed by atoms with van der Waals surface area (Å²) in [5, 5.41) is 2.89. The van der Waals surface area contributed by atoms with Crippen molar-refractivity contribution in [3.8, 4) is 0 Å². The van der Waals surface area contributed by atoms with Gasteiger partial charge in [-0.2, -0.15) is 0 Å². The number of nitrogens with two attached hydrogens (primary N) is 1. The van der Waals surface area contributed by atoms with Crippen molar-refractivity contribution in [3.05, 3.63) is 29.8 Å². The summed E-state index contributed by atoms with van der Waals surface area (Å²) < 4.78 is 0. The maximum absolute atomic E-state index is 12.0. The van der Waals surface area contributed by atoms with Crippen LogP contribution in [-0.4, -0.2) is 30.9 Å². The summed E-state index contributed by atoms with van der Waals surface area (Å²) >= 11 is 0. The quantitative estimate of drug-likeness (QED) is 0.826. The van der Waals surface area contributed by atoms with Crippen LogP contribution in [0.4, 0.5) is 5.69 Å². The van der Waals surface area contributed by atoms with E-state index in [1.165, 1.54) is 5.56 Å². The van der Waals surface area contributed by atoms with Crippen LogP contribution in [0, 0.1) is 5.92 Å². The molecule has 0 aliphatic heterocycles. The van der Waals surface area contributed by atoms with E-state index in [1.807, 2.05) is 52.2 Å². The molecule has 0 fully saturated rings. The number of carbonyl (C=O) groups is 1. The third kappa shape index (κ3) is 5.01. The normalized spacial score (nSPS) is 14.2. The largest absolute Gasteiger partial charge is 0.325 e. The van der Waals surface area contributed by atoms with E-state index < -0.39 is 6.04 Å². The van der Waals surface area contributed by atoms with Gasteiger partial charge in [-0.25, -0.2) is 0 Å². The number of benzene rings is 1. The Kier molecular flexibility index (Phi) is 5.99. The molecule has 0 saturated carbocycles. The average molecular weight is 263 g/mol. The molecule has 4 heteroatoms. The molecule has 0 aliphatic carbocycles. The minimum Gasteiger partial charge on any atom is -0.325 e. The Balaban J connectivity index is 2.69. The number of nitrogens with one attached hydrogen (secondary N) is 1. The van der Waals surface area contributed by atoms with Crippen LogP contribution < -0.4 is 11.1 Å². The predicted octanol–water partition coefficient (Wildman–Crippen LogP) is 2.06. The highest BCUT2D eigenvalue weighted by Gasteiger charge is 2.19. The highest BCUT2D eigenvalue weighted by Crippen LogP contribution is 2.13. The second-order valence-electron chi connectivity index (χ2n) is 5.34. The van der Waals surface area contributed by atoms with E-state index >= 15 is 0 Å². The monoisotopic (exact) mass is 263 g/mol. The Bertz CT molecular complexity index is 418. The zero-order chi connectivity index (χ0) is 14.4. The van der Waals surface area contributed by atoms with Crippen molar-refractivity contribution in [3.63, 3.8) is 0 Å². The van der Waals surface area contributed by atoms with Gasteiger partial charge in [-0.3, -0.25) is 4.79 Å². The third-order valence-electron chi connectivity index (χ3n) is 3.25. The molecule has 0 saturated heterocycles. The Hall–Kier alpha value is -1.39. The Morgan fingerprint density at radius 3 is 2.68 bits per heavy atom. The molecule has 0 spiro atoms. The molecular formula is C15H25N3O. The van der Waals surface area contributed by atoms with Crippen LogP contribution in [0.3, 0.4) is 0 Å². The second kappa shape index (κ2) is 7.26. The molecule has 0 aliphatic rings. The Labute approximate surface area is 116 Å². The van der Waals surface area contributed by atoms with Gasteiger partial charge in [-0.15, -0.1) is 0 Å². The van der Waals surface area contributed by atoms with Crippen molar-refractivity contribution in [2.24, 2.45) is 11.7 Å². The molecule has 0 aromatic heterocycles. The van der Waals surface area contributed by atoms with Gasteiger partial charge in [-0.05, 0) is 37.7 Å². The lowest BCUT2D eigenvalue weighted by Gasteiger charge is -2.18. The summed E-state index contributed by atoms with van der Waals surface area (Å²) in [5.74, 6) is 0.0707. The number of hydrogen-bond donors (Lipinski definition) is 2. The zero-order valence-electron chi connectivity index (χ0n) is 12.3. The van der Waals surface area contributed by atoms with Crippen molar-refractivity contribution < 1.29 is 4.79 Å². The smallest absolute Gasteiger partial charge is 0.241 e. The first-order valence-electron chi connectivity index (χ1n) is 6.74. The van der Waals surface area contributed by atoms with E-state index in [1.54, 1.807) is 0 Å². The first kappa shape index (κ1) is 15.7. The molecule has 2 unspecified atom stereocenters. The van der Waals surface area contributed by atoms with Crippen LogP contribution in [0.25, 0.3) is 0 Å². The number of hydrogen-bond acceptors (Lipinski definition) is 3. The molecule has 0 heterocycles. The van der Waals surface area contributed by atoms with E-state index in [-0.39, 0.29) is 11.8 Å². The molecule has 19 heavy (non-hydrogen) atoms. The Morgan fingerprint density at radius 2 is 2.11 bits per heavy atom. The lowest BCUT2D eigenvalue weighted by atomic mass is 9.99. The van der Waals surface area contributed by atoms with E-state index in [4.69, 9.17) is 5.73 Å². The summed E-state index contributed by atoms with van der Waals surface area (Å²) in [6.45, 7) is 4.88. The zero-order valence-corrected chi connectivity index (χ0v) is 12.3. The van der Waals surface area contributed by atoms with E-state index in [0.717, 1.165) is 18.7 Å². The van der Waals surface area contributed by atoms with Crippen LogP contribution in [0.5, 0.6) is 0 Å². The average Bonchev–Trinajstić information content (AvgIpc) is 2.36. The molecule has 3 N–H and O–H groups in total. The summed E-state index contributed by atoms with van der Waals surface area (Å²) in [6, 6.07) is 7.41. The van der Waals surface area contributed by atoms with Crippen LogP contribution >= 0.6 is 0 Å². The molecule has 1 rings (SSSR count). The van der Waals surface area contributed by atoms with Gasteiger partial charge in [0.25, 0.3) is 0 Å². The van der Waals surface area contributed by atoms with E-state index in [0.29, 0.717) is 0 Å². The number of nitrogens with zero attached hydrogens (tertiary/aromatic N) is 1. The SMILES string of the molecule is CCC(C)C(N)C(=O)Nc1cccc(CN(C)C)c1. The molecule has 106 valence electrons. The molecule has 1 aromatic rings. The van der Waals surface area contributed by atoms with Gasteiger partial charge < -0.3 is 16.0 Å². The molecule has 4 nitrogen and oxygen atoms in total. The lowest BCUT2D eigenvalue weighted by molar-refractivity contribution is -0.118. The highest BCUT2D eigenvalue weighted by molar-refractivity contribution is 5.94. The van der Waals surface area contributed by atoms with Crippen molar-refractivity contribution in [2.75, 3.05) is 19.4 Å². The van der Waals surface area contributed by atoms with Crippen molar-refractivity contribution in [1.29, 1.82) is 0 Å².